The van der Waals surface area contributed by atoms with Gasteiger partial charge in [-0.3, -0.25) is 24.2 Å². The molecule has 2 aliphatic rings. The first-order chi connectivity index (χ1) is 14.6. The first-order valence-corrected chi connectivity index (χ1v) is 11.4. The average Bonchev–Trinajstić information content (AvgIpc) is 3.00. The summed E-state index contributed by atoms with van der Waals surface area (Å²) in [6, 6.07) is 14.8. The van der Waals surface area contributed by atoms with Crippen LogP contribution in [0.2, 0.25) is 0 Å². The summed E-state index contributed by atoms with van der Waals surface area (Å²) in [5.74, 6) is 1.67. The fourth-order valence-corrected chi connectivity index (χ4v) is 4.81. The quantitative estimate of drug-likeness (QED) is 0.693. The highest BCUT2D eigenvalue weighted by atomic mass is 32.2. The number of hydrogen-bond acceptors (Lipinski definition) is 5. The van der Waals surface area contributed by atoms with E-state index in [1.165, 1.54) is 22.0 Å². The van der Waals surface area contributed by atoms with Crippen LogP contribution in [-0.4, -0.2) is 58.7 Å². The third-order valence-corrected chi connectivity index (χ3v) is 6.33. The predicted octanol–water partition coefficient (Wildman–Crippen LogP) is 3.25. The number of benzene rings is 2. The Morgan fingerprint density at radius 3 is 2.37 bits per heavy atom. The number of nitrogens with one attached hydrogen (secondary N) is 1. The Hall–Kier alpha value is -2.64. The van der Waals surface area contributed by atoms with E-state index in [2.05, 4.69) is 16.3 Å². The summed E-state index contributed by atoms with van der Waals surface area (Å²) in [7, 11) is 0. The van der Waals surface area contributed by atoms with Gasteiger partial charge in [-0.05, 0) is 36.2 Å². The van der Waals surface area contributed by atoms with Crippen LogP contribution in [0.3, 0.4) is 0 Å². The van der Waals surface area contributed by atoms with Crippen molar-refractivity contribution in [1.82, 2.24) is 9.80 Å². The lowest BCUT2D eigenvalue weighted by Crippen LogP contribution is -2.32. The van der Waals surface area contributed by atoms with Crippen LogP contribution in [0.1, 0.15) is 39.1 Å². The summed E-state index contributed by atoms with van der Waals surface area (Å²) in [6.45, 7) is 3.33. The van der Waals surface area contributed by atoms with Gasteiger partial charge in [0.25, 0.3) is 11.8 Å². The Morgan fingerprint density at radius 1 is 0.967 bits per heavy atom. The molecule has 7 heteroatoms. The van der Waals surface area contributed by atoms with Gasteiger partial charge in [-0.1, -0.05) is 24.3 Å². The van der Waals surface area contributed by atoms with Gasteiger partial charge in [0.05, 0.1) is 11.1 Å². The first kappa shape index (κ1) is 20.6. The van der Waals surface area contributed by atoms with Crippen molar-refractivity contribution in [2.24, 2.45) is 0 Å². The molecule has 0 aromatic heterocycles. The number of thioether (sulfide) groups is 1. The number of anilines is 1. The fraction of sp³-hybridized carbons (Fsp3) is 0.348. The van der Waals surface area contributed by atoms with E-state index in [9.17, 15) is 14.4 Å². The van der Waals surface area contributed by atoms with Crippen molar-refractivity contribution >= 4 is 35.2 Å². The second-order valence-electron chi connectivity index (χ2n) is 7.55. The number of nitrogens with zero attached hydrogens (tertiary/aromatic N) is 2. The van der Waals surface area contributed by atoms with Crippen molar-refractivity contribution in [1.29, 1.82) is 0 Å². The van der Waals surface area contributed by atoms with Gasteiger partial charge in [0.2, 0.25) is 5.91 Å². The average molecular weight is 424 g/mol. The lowest BCUT2D eigenvalue weighted by Gasteiger charge is -2.26. The molecule has 0 aliphatic carbocycles. The van der Waals surface area contributed by atoms with E-state index in [0.29, 0.717) is 17.5 Å². The van der Waals surface area contributed by atoms with E-state index in [-0.39, 0.29) is 30.7 Å². The number of carbonyl (C=O) groups is 3. The van der Waals surface area contributed by atoms with Gasteiger partial charge < -0.3 is 5.32 Å². The smallest absolute Gasteiger partial charge is 0.261 e. The van der Waals surface area contributed by atoms with Gasteiger partial charge in [-0.15, -0.1) is 0 Å². The standard InChI is InChI=1S/C23H25N3O3S/c27-21(9-4-10-26-22(28)19-7-1-2-8-20(19)23(26)29)24-18-6-3-5-17(15-18)16-25-11-13-30-14-12-25/h1-3,5-8,15H,4,9-14,16H2,(H,24,27). The Bertz CT molecular complexity index is 921. The van der Waals surface area contributed by atoms with E-state index in [1.807, 2.05) is 30.0 Å². The molecule has 0 unspecified atom stereocenters. The number of carbonyl (C=O) groups excluding carboxylic acids is 3. The van der Waals surface area contributed by atoms with E-state index in [0.717, 1.165) is 25.3 Å². The second-order valence-corrected chi connectivity index (χ2v) is 8.77. The van der Waals surface area contributed by atoms with Crippen LogP contribution in [0.4, 0.5) is 5.69 Å². The molecular weight excluding hydrogens is 398 g/mol. The normalized spacial score (nSPS) is 16.6. The molecule has 30 heavy (non-hydrogen) atoms. The molecule has 156 valence electrons. The molecule has 0 spiro atoms. The van der Waals surface area contributed by atoms with Gasteiger partial charge >= 0.3 is 0 Å². The third kappa shape index (κ3) is 4.74. The van der Waals surface area contributed by atoms with E-state index in [4.69, 9.17) is 0 Å². The van der Waals surface area contributed by atoms with E-state index in [1.54, 1.807) is 24.3 Å². The molecule has 6 nitrogen and oxygen atoms in total. The monoisotopic (exact) mass is 423 g/mol. The summed E-state index contributed by atoms with van der Waals surface area (Å²) in [5.41, 5.74) is 2.85. The van der Waals surface area contributed by atoms with Crippen LogP contribution >= 0.6 is 11.8 Å². The Kier molecular flexibility index (Phi) is 6.50. The van der Waals surface area contributed by atoms with Crippen LogP contribution in [0.5, 0.6) is 0 Å². The molecule has 0 bridgehead atoms. The number of fused-ring (bicyclic) bond motifs is 1. The minimum Gasteiger partial charge on any atom is -0.326 e. The highest BCUT2D eigenvalue weighted by Crippen LogP contribution is 2.23. The molecule has 2 heterocycles. The molecule has 1 saturated heterocycles. The second kappa shape index (κ2) is 9.45. The van der Waals surface area contributed by atoms with E-state index >= 15 is 0 Å². The topological polar surface area (TPSA) is 69.7 Å². The molecule has 2 aromatic carbocycles. The number of imide groups is 1. The fourth-order valence-electron chi connectivity index (χ4n) is 3.83. The molecule has 1 fully saturated rings. The number of rotatable bonds is 7. The van der Waals surface area contributed by atoms with Gasteiger partial charge in [0.1, 0.15) is 0 Å². The summed E-state index contributed by atoms with van der Waals surface area (Å²) in [4.78, 5) is 40.8. The number of hydrogen-bond donors (Lipinski definition) is 1. The zero-order valence-corrected chi connectivity index (χ0v) is 17.6. The summed E-state index contributed by atoms with van der Waals surface area (Å²) < 4.78 is 0. The largest absolute Gasteiger partial charge is 0.326 e. The Labute approximate surface area is 180 Å². The zero-order valence-electron chi connectivity index (χ0n) is 16.8. The summed E-state index contributed by atoms with van der Waals surface area (Å²) in [5, 5.41) is 2.93. The highest BCUT2D eigenvalue weighted by molar-refractivity contribution is 7.99. The molecule has 2 aromatic rings. The predicted molar refractivity (Wildman–Crippen MR) is 119 cm³/mol. The van der Waals surface area contributed by atoms with Gasteiger partial charge in [-0.25, -0.2) is 0 Å². The van der Waals surface area contributed by atoms with Crippen molar-refractivity contribution in [3.05, 3.63) is 65.2 Å². The summed E-state index contributed by atoms with van der Waals surface area (Å²) in [6.07, 6.45) is 0.684. The molecule has 0 radical (unpaired) electrons. The van der Waals surface area contributed by atoms with Crippen molar-refractivity contribution < 1.29 is 14.4 Å². The molecular formula is C23H25N3O3S. The van der Waals surface area contributed by atoms with Crippen molar-refractivity contribution in [3.8, 4) is 0 Å². The van der Waals surface area contributed by atoms with Gasteiger partial charge in [0, 0.05) is 49.8 Å². The minimum atomic E-state index is -0.278. The van der Waals surface area contributed by atoms with Crippen LogP contribution in [0.25, 0.3) is 0 Å². The molecule has 0 saturated carbocycles. The first-order valence-electron chi connectivity index (χ1n) is 10.3. The van der Waals surface area contributed by atoms with Crippen molar-refractivity contribution in [2.45, 2.75) is 19.4 Å². The Balaban J connectivity index is 1.26. The Morgan fingerprint density at radius 2 is 1.67 bits per heavy atom. The summed E-state index contributed by atoms with van der Waals surface area (Å²) >= 11 is 1.99. The maximum Gasteiger partial charge on any atom is 0.261 e. The van der Waals surface area contributed by atoms with Crippen molar-refractivity contribution in [2.75, 3.05) is 36.5 Å². The van der Waals surface area contributed by atoms with Crippen LogP contribution < -0.4 is 5.32 Å². The van der Waals surface area contributed by atoms with Crippen LogP contribution in [0.15, 0.2) is 48.5 Å². The lowest BCUT2D eigenvalue weighted by atomic mass is 10.1. The van der Waals surface area contributed by atoms with Crippen LogP contribution in [0, 0.1) is 0 Å². The number of amides is 3. The van der Waals surface area contributed by atoms with Gasteiger partial charge in [-0.2, -0.15) is 11.8 Å². The maximum atomic E-state index is 12.4. The molecule has 4 rings (SSSR count). The minimum absolute atomic E-state index is 0.113. The highest BCUT2D eigenvalue weighted by Gasteiger charge is 2.34. The maximum absolute atomic E-state index is 12.4. The molecule has 0 atom stereocenters. The molecule has 1 N–H and O–H groups in total. The molecule has 2 aliphatic heterocycles. The van der Waals surface area contributed by atoms with Crippen molar-refractivity contribution in [3.63, 3.8) is 0 Å². The van der Waals surface area contributed by atoms with E-state index < -0.39 is 0 Å². The zero-order chi connectivity index (χ0) is 20.9. The third-order valence-electron chi connectivity index (χ3n) is 5.38. The van der Waals surface area contributed by atoms with Crippen LogP contribution in [-0.2, 0) is 11.3 Å². The van der Waals surface area contributed by atoms with Gasteiger partial charge in [0.15, 0.2) is 0 Å². The SMILES string of the molecule is O=C(CCCN1C(=O)c2ccccc2C1=O)Nc1cccc(CN2CCSCC2)c1. The molecule has 3 amide bonds. The lowest BCUT2D eigenvalue weighted by molar-refractivity contribution is -0.116.